The Labute approximate surface area is 157 Å². The third-order valence-corrected chi connectivity index (χ3v) is 4.91. The molecule has 0 aliphatic heterocycles. The highest BCUT2D eigenvalue weighted by atomic mass is 16.5. The van der Waals surface area contributed by atoms with Gasteiger partial charge in [-0.3, -0.25) is 4.79 Å². The van der Waals surface area contributed by atoms with Crippen molar-refractivity contribution in [1.82, 2.24) is 14.3 Å². The molecule has 0 saturated carbocycles. The van der Waals surface area contributed by atoms with E-state index in [-0.39, 0.29) is 5.56 Å². The summed E-state index contributed by atoms with van der Waals surface area (Å²) < 4.78 is 8.97. The molecular weight excluding hydrogens is 338 g/mol. The minimum atomic E-state index is -0.0969. The number of hydrogen-bond acceptors (Lipinski definition) is 3. The van der Waals surface area contributed by atoms with E-state index in [4.69, 9.17) is 4.74 Å². The highest BCUT2D eigenvalue weighted by molar-refractivity contribution is 5.88. The van der Waals surface area contributed by atoms with Crippen molar-refractivity contribution < 1.29 is 4.74 Å². The molecule has 0 aliphatic carbocycles. The lowest BCUT2D eigenvalue weighted by Gasteiger charge is -2.12. The molecule has 0 aliphatic rings. The number of aryl methyl sites for hydroxylation is 2. The van der Waals surface area contributed by atoms with Crippen LogP contribution in [0.5, 0.6) is 5.75 Å². The molecule has 5 nitrogen and oxygen atoms in total. The summed E-state index contributed by atoms with van der Waals surface area (Å²) in [7, 11) is 1.65. The molecule has 0 bridgehead atoms. The number of ether oxygens (including phenoxy) is 1. The number of fused-ring (bicyclic) bond motifs is 1. The van der Waals surface area contributed by atoms with Gasteiger partial charge in [-0.05, 0) is 37.6 Å². The monoisotopic (exact) mass is 359 g/mol. The van der Waals surface area contributed by atoms with E-state index in [1.54, 1.807) is 13.3 Å². The molecule has 136 valence electrons. The van der Waals surface area contributed by atoms with E-state index >= 15 is 0 Å². The topological polar surface area (TPSA) is 49.0 Å². The van der Waals surface area contributed by atoms with Gasteiger partial charge in [-0.15, -0.1) is 0 Å². The minimum Gasteiger partial charge on any atom is -0.497 e. The number of nitrogens with zero attached hydrogens (tertiary/aromatic N) is 3. The summed E-state index contributed by atoms with van der Waals surface area (Å²) in [5.74, 6) is 0.784. The molecule has 0 fully saturated rings. The fourth-order valence-corrected chi connectivity index (χ4v) is 3.63. The first kappa shape index (κ1) is 17.1. The van der Waals surface area contributed by atoms with E-state index < -0.39 is 0 Å². The van der Waals surface area contributed by atoms with Gasteiger partial charge in [0.05, 0.1) is 24.4 Å². The van der Waals surface area contributed by atoms with E-state index in [2.05, 4.69) is 16.6 Å². The van der Waals surface area contributed by atoms with E-state index in [1.165, 1.54) is 4.68 Å². The summed E-state index contributed by atoms with van der Waals surface area (Å²) in [5, 5.41) is 6.02. The van der Waals surface area contributed by atoms with Crippen molar-refractivity contribution >= 4 is 10.8 Å². The largest absolute Gasteiger partial charge is 0.497 e. The average molecular weight is 359 g/mol. The summed E-state index contributed by atoms with van der Waals surface area (Å²) in [4.78, 5) is 13.3. The molecule has 0 amide bonds. The number of aromatic nitrogens is 3. The number of hydrogen-bond donors (Lipinski definition) is 0. The van der Waals surface area contributed by atoms with Crippen molar-refractivity contribution in [2.75, 3.05) is 7.11 Å². The van der Waals surface area contributed by atoms with Crippen LogP contribution in [0.15, 0.2) is 65.6 Å². The molecule has 2 aromatic carbocycles. The Morgan fingerprint density at radius 2 is 1.78 bits per heavy atom. The van der Waals surface area contributed by atoms with E-state index in [0.717, 1.165) is 45.7 Å². The average Bonchev–Trinajstić information content (AvgIpc) is 3.01. The van der Waals surface area contributed by atoms with Gasteiger partial charge >= 0.3 is 0 Å². The van der Waals surface area contributed by atoms with Gasteiger partial charge in [0, 0.05) is 28.5 Å². The molecule has 27 heavy (non-hydrogen) atoms. The smallest absolute Gasteiger partial charge is 0.281 e. The fraction of sp³-hybridized carbons (Fsp3) is 0.182. The molecule has 4 rings (SSSR count). The minimum absolute atomic E-state index is 0.0969. The van der Waals surface area contributed by atoms with Crippen LogP contribution in [-0.4, -0.2) is 21.5 Å². The maximum Gasteiger partial charge on any atom is 0.281 e. The Bertz CT molecular complexity index is 1170. The first-order valence-corrected chi connectivity index (χ1v) is 8.97. The van der Waals surface area contributed by atoms with Crippen molar-refractivity contribution in [2.45, 2.75) is 20.3 Å². The van der Waals surface area contributed by atoms with Crippen LogP contribution in [0.1, 0.15) is 18.3 Å². The molecule has 5 heteroatoms. The summed E-state index contributed by atoms with van der Waals surface area (Å²) >= 11 is 0. The van der Waals surface area contributed by atoms with Crippen LogP contribution < -0.4 is 10.3 Å². The molecule has 0 radical (unpaired) electrons. The van der Waals surface area contributed by atoms with Crippen LogP contribution in [0, 0.1) is 6.92 Å². The van der Waals surface area contributed by atoms with Crippen molar-refractivity contribution in [2.24, 2.45) is 0 Å². The highest BCUT2D eigenvalue weighted by Gasteiger charge is 2.19. The predicted octanol–water partition coefficient (Wildman–Crippen LogP) is 4.06. The Morgan fingerprint density at radius 3 is 2.48 bits per heavy atom. The first-order valence-electron chi connectivity index (χ1n) is 8.97. The SMILES string of the molecule is CCc1c2c(=O)n(-c3ccccc3)ncc2c(C)n1-c1cccc(OC)c1. The van der Waals surface area contributed by atoms with Gasteiger partial charge in [0.15, 0.2) is 0 Å². The van der Waals surface area contributed by atoms with Crippen LogP contribution >= 0.6 is 0 Å². The molecule has 4 aromatic rings. The van der Waals surface area contributed by atoms with Crippen LogP contribution in [0.4, 0.5) is 0 Å². The Balaban J connectivity index is 2.04. The Morgan fingerprint density at radius 1 is 1.04 bits per heavy atom. The van der Waals surface area contributed by atoms with Gasteiger partial charge in [-0.1, -0.05) is 31.2 Å². The van der Waals surface area contributed by atoms with Crippen molar-refractivity contribution in [1.29, 1.82) is 0 Å². The van der Waals surface area contributed by atoms with Crippen molar-refractivity contribution in [3.63, 3.8) is 0 Å². The van der Waals surface area contributed by atoms with E-state index in [0.29, 0.717) is 0 Å². The van der Waals surface area contributed by atoms with Gasteiger partial charge in [0.1, 0.15) is 5.75 Å². The first-order chi connectivity index (χ1) is 13.2. The van der Waals surface area contributed by atoms with Gasteiger partial charge in [0.25, 0.3) is 5.56 Å². The quantitative estimate of drug-likeness (QED) is 0.552. The van der Waals surface area contributed by atoms with Gasteiger partial charge in [-0.2, -0.15) is 9.78 Å². The molecule has 0 atom stereocenters. The summed E-state index contributed by atoms with van der Waals surface area (Å²) in [6.45, 7) is 4.09. The summed E-state index contributed by atoms with van der Waals surface area (Å²) in [6, 6.07) is 17.4. The Kier molecular flexibility index (Phi) is 4.28. The number of rotatable bonds is 4. The van der Waals surface area contributed by atoms with Crippen LogP contribution in [-0.2, 0) is 6.42 Å². The maximum atomic E-state index is 13.3. The zero-order valence-electron chi connectivity index (χ0n) is 15.6. The second-order valence-corrected chi connectivity index (χ2v) is 6.41. The predicted molar refractivity (Wildman–Crippen MR) is 107 cm³/mol. The van der Waals surface area contributed by atoms with E-state index in [9.17, 15) is 4.79 Å². The number of benzene rings is 2. The fourth-order valence-electron chi connectivity index (χ4n) is 3.63. The standard InChI is InChI=1S/C22H21N3O2/c1-4-20-21-19(14-23-25(22(21)26)16-9-6-5-7-10-16)15(2)24(20)17-11-8-12-18(13-17)27-3/h5-14H,4H2,1-3H3. The Hall–Kier alpha value is -3.34. The summed E-state index contributed by atoms with van der Waals surface area (Å²) in [6.07, 6.45) is 2.52. The third-order valence-electron chi connectivity index (χ3n) is 4.91. The third kappa shape index (κ3) is 2.72. The van der Waals surface area contributed by atoms with Crippen LogP contribution in [0.2, 0.25) is 0 Å². The zero-order valence-corrected chi connectivity index (χ0v) is 15.6. The number of para-hydroxylation sites is 1. The lowest BCUT2D eigenvalue weighted by molar-refractivity contribution is 0.414. The normalized spacial score (nSPS) is 11.1. The van der Waals surface area contributed by atoms with Crippen LogP contribution in [0.3, 0.4) is 0 Å². The molecule has 0 saturated heterocycles. The lowest BCUT2D eigenvalue weighted by Crippen LogP contribution is -2.21. The van der Waals surface area contributed by atoms with E-state index in [1.807, 2.05) is 61.5 Å². The molecule has 2 heterocycles. The summed E-state index contributed by atoms with van der Waals surface area (Å²) in [5.41, 5.74) is 3.62. The highest BCUT2D eigenvalue weighted by Crippen LogP contribution is 2.28. The van der Waals surface area contributed by atoms with Gasteiger partial charge < -0.3 is 9.30 Å². The second kappa shape index (κ2) is 6.76. The number of methoxy groups -OCH3 is 1. The lowest BCUT2D eigenvalue weighted by atomic mass is 10.2. The van der Waals surface area contributed by atoms with Crippen LogP contribution in [0.25, 0.3) is 22.1 Å². The molecule has 0 spiro atoms. The second-order valence-electron chi connectivity index (χ2n) is 6.41. The molecule has 2 aromatic heterocycles. The van der Waals surface area contributed by atoms with Crippen molar-refractivity contribution in [3.8, 4) is 17.1 Å². The maximum absolute atomic E-state index is 13.3. The zero-order chi connectivity index (χ0) is 19.0. The van der Waals surface area contributed by atoms with Gasteiger partial charge in [0.2, 0.25) is 0 Å². The van der Waals surface area contributed by atoms with Crippen molar-refractivity contribution in [3.05, 3.63) is 82.5 Å². The van der Waals surface area contributed by atoms with Gasteiger partial charge in [-0.25, -0.2) is 0 Å². The molecule has 0 N–H and O–H groups in total. The molecule has 0 unspecified atom stereocenters. The molecular formula is C22H21N3O2.